The second-order valence-corrected chi connectivity index (χ2v) is 6.08. The van der Waals surface area contributed by atoms with Crippen molar-refractivity contribution in [1.29, 1.82) is 0 Å². The van der Waals surface area contributed by atoms with Crippen LogP contribution >= 0.6 is 11.6 Å². The lowest BCUT2D eigenvalue weighted by atomic mass is 10.0. The molecule has 112 valence electrons. The first-order valence-electron chi connectivity index (χ1n) is 7.98. The predicted octanol–water partition coefficient (Wildman–Crippen LogP) is 4.26. The van der Waals surface area contributed by atoms with Crippen molar-refractivity contribution in [3.63, 3.8) is 0 Å². The van der Waals surface area contributed by atoms with Gasteiger partial charge in [-0.05, 0) is 50.4 Å². The van der Waals surface area contributed by atoms with Crippen molar-refractivity contribution in [2.45, 2.75) is 51.6 Å². The Labute approximate surface area is 128 Å². The van der Waals surface area contributed by atoms with E-state index < -0.39 is 0 Å². The quantitative estimate of drug-likeness (QED) is 0.732. The minimum absolute atomic E-state index is 0.372. The molecule has 0 aliphatic heterocycles. The average Bonchev–Trinajstić information content (AvgIpc) is 3.28. The van der Waals surface area contributed by atoms with Crippen molar-refractivity contribution in [3.05, 3.63) is 34.9 Å². The minimum atomic E-state index is 0.372. The fourth-order valence-corrected chi connectivity index (χ4v) is 3.04. The van der Waals surface area contributed by atoms with Gasteiger partial charge in [-0.25, -0.2) is 0 Å². The van der Waals surface area contributed by atoms with E-state index in [1.807, 2.05) is 12.1 Å². The van der Waals surface area contributed by atoms with E-state index in [9.17, 15) is 0 Å². The van der Waals surface area contributed by atoms with E-state index in [0.29, 0.717) is 6.04 Å². The van der Waals surface area contributed by atoms with Gasteiger partial charge in [-0.3, -0.25) is 0 Å². The minimum Gasteiger partial charge on any atom is -0.310 e. The third-order valence-corrected chi connectivity index (χ3v) is 4.44. The second kappa shape index (κ2) is 8.02. The smallest absolute Gasteiger partial charge is 0.0453 e. The first-order chi connectivity index (χ1) is 9.76. The van der Waals surface area contributed by atoms with Gasteiger partial charge in [0.25, 0.3) is 0 Å². The summed E-state index contributed by atoms with van der Waals surface area (Å²) >= 11 is 6.37. The van der Waals surface area contributed by atoms with Crippen molar-refractivity contribution < 1.29 is 0 Å². The number of rotatable bonds is 9. The molecule has 20 heavy (non-hydrogen) atoms. The van der Waals surface area contributed by atoms with Gasteiger partial charge in [-0.2, -0.15) is 0 Å². The Kier molecular flexibility index (Phi) is 6.34. The zero-order chi connectivity index (χ0) is 14.4. The SMILES string of the molecule is CCCNC(CCN(CC)C1CC1)c1ccccc1Cl. The van der Waals surface area contributed by atoms with E-state index in [0.717, 1.165) is 43.5 Å². The molecule has 0 saturated heterocycles. The molecule has 1 aromatic rings. The molecule has 0 bridgehead atoms. The molecule has 0 spiro atoms. The maximum Gasteiger partial charge on any atom is 0.0453 e. The van der Waals surface area contributed by atoms with Crippen LogP contribution in [0.2, 0.25) is 5.02 Å². The molecule has 2 nitrogen and oxygen atoms in total. The predicted molar refractivity (Wildman–Crippen MR) is 87.4 cm³/mol. The molecule has 3 heteroatoms. The molecule has 1 aromatic carbocycles. The highest BCUT2D eigenvalue weighted by Crippen LogP contribution is 2.29. The molecular formula is C17H27ClN2. The first-order valence-corrected chi connectivity index (χ1v) is 8.35. The van der Waals surface area contributed by atoms with Crippen LogP contribution in [-0.4, -0.2) is 30.6 Å². The maximum atomic E-state index is 6.37. The molecule has 1 N–H and O–H groups in total. The van der Waals surface area contributed by atoms with Crippen LogP contribution in [-0.2, 0) is 0 Å². The molecule has 0 aromatic heterocycles. The summed E-state index contributed by atoms with van der Waals surface area (Å²) in [6, 6.07) is 9.46. The zero-order valence-electron chi connectivity index (χ0n) is 12.7. The van der Waals surface area contributed by atoms with E-state index in [1.54, 1.807) is 0 Å². The Morgan fingerprint density at radius 3 is 2.65 bits per heavy atom. The van der Waals surface area contributed by atoms with Gasteiger partial charge in [0.15, 0.2) is 0 Å². The Balaban J connectivity index is 1.97. The van der Waals surface area contributed by atoms with Crippen LogP contribution in [0.15, 0.2) is 24.3 Å². The van der Waals surface area contributed by atoms with Crippen molar-refractivity contribution in [2.24, 2.45) is 0 Å². The first kappa shape index (κ1) is 15.8. The van der Waals surface area contributed by atoms with E-state index in [2.05, 4.69) is 36.2 Å². The van der Waals surface area contributed by atoms with E-state index >= 15 is 0 Å². The lowest BCUT2D eigenvalue weighted by Gasteiger charge is -2.25. The standard InChI is InChI=1S/C17H27ClN2/c1-3-12-19-17(15-7-5-6-8-16(15)18)11-13-20(4-2)14-9-10-14/h5-8,14,17,19H,3-4,9-13H2,1-2H3. The van der Waals surface area contributed by atoms with E-state index in [-0.39, 0.29) is 0 Å². The highest BCUT2D eigenvalue weighted by Gasteiger charge is 2.28. The number of benzene rings is 1. The molecule has 1 aliphatic carbocycles. The third kappa shape index (κ3) is 4.47. The maximum absolute atomic E-state index is 6.37. The number of hydrogen-bond donors (Lipinski definition) is 1. The normalized spacial score (nSPS) is 16.6. The molecule has 2 rings (SSSR count). The lowest BCUT2D eigenvalue weighted by molar-refractivity contribution is 0.259. The Morgan fingerprint density at radius 1 is 1.30 bits per heavy atom. The van der Waals surface area contributed by atoms with Gasteiger partial charge in [-0.15, -0.1) is 0 Å². The van der Waals surface area contributed by atoms with Gasteiger partial charge in [0.05, 0.1) is 0 Å². The van der Waals surface area contributed by atoms with Crippen LogP contribution in [0.25, 0.3) is 0 Å². The Bertz CT molecular complexity index is 404. The lowest BCUT2D eigenvalue weighted by Crippen LogP contribution is -2.31. The summed E-state index contributed by atoms with van der Waals surface area (Å²) in [5, 5.41) is 4.54. The van der Waals surface area contributed by atoms with Crippen LogP contribution in [0.3, 0.4) is 0 Å². The van der Waals surface area contributed by atoms with Crippen LogP contribution in [0.4, 0.5) is 0 Å². The van der Waals surface area contributed by atoms with Gasteiger partial charge in [-0.1, -0.05) is 43.6 Å². The summed E-state index contributed by atoms with van der Waals surface area (Å²) in [5.74, 6) is 0. The fourth-order valence-electron chi connectivity index (χ4n) is 2.78. The van der Waals surface area contributed by atoms with Crippen molar-refractivity contribution >= 4 is 11.6 Å². The van der Waals surface area contributed by atoms with Crippen LogP contribution in [0.1, 0.15) is 51.1 Å². The highest BCUT2D eigenvalue weighted by molar-refractivity contribution is 6.31. The summed E-state index contributed by atoms with van der Waals surface area (Å²) < 4.78 is 0. The van der Waals surface area contributed by atoms with Gasteiger partial charge in [0.1, 0.15) is 0 Å². The van der Waals surface area contributed by atoms with Gasteiger partial charge < -0.3 is 10.2 Å². The molecule has 1 unspecified atom stereocenters. The van der Waals surface area contributed by atoms with Crippen molar-refractivity contribution in [1.82, 2.24) is 10.2 Å². The summed E-state index contributed by atoms with van der Waals surface area (Å²) in [6.45, 7) is 7.84. The van der Waals surface area contributed by atoms with E-state index in [1.165, 1.54) is 18.4 Å². The summed E-state index contributed by atoms with van der Waals surface area (Å²) in [5.41, 5.74) is 1.24. The average molecular weight is 295 g/mol. The fraction of sp³-hybridized carbons (Fsp3) is 0.647. The number of nitrogens with one attached hydrogen (secondary N) is 1. The number of hydrogen-bond acceptors (Lipinski definition) is 2. The number of halogens is 1. The molecule has 0 heterocycles. The summed E-state index contributed by atoms with van der Waals surface area (Å²) in [6.07, 6.45) is 5.05. The molecule has 1 atom stereocenters. The van der Waals surface area contributed by atoms with Crippen LogP contribution < -0.4 is 5.32 Å². The molecule has 1 fully saturated rings. The Hall–Kier alpha value is -0.570. The van der Waals surface area contributed by atoms with Gasteiger partial charge >= 0.3 is 0 Å². The monoisotopic (exact) mass is 294 g/mol. The molecule has 0 radical (unpaired) electrons. The van der Waals surface area contributed by atoms with E-state index in [4.69, 9.17) is 11.6 Å². The molecule has 1 saturated carbocycles. The highest BCUT2D eigenvalue weighted by atomic mass is 35.5. The van der Waals surface area contributed by atoms with Crippen molar-refractivity contribution in [2.75, 3.05) is 19.6 Å². The topological polar surface area (TPSA) is 15.3 Å². The van der Waals surface area contributed by atoms with Crippen LogP contribution in [0.5, 0.6) is 0 Å². The van der Waals surface area contributed by atoms with Gasteiger partial charge in [0.2, 0.25) is 0 Å². The van der Waals surface area contributed by atoms with Crippen LogP contribution in [0, 0.1) is 0 Å². The number of nitrogens with zero attached hydrogens (tertiary/aromatic N) is 1. The van der Waals surface area contributed by atoms with Gasteiger partial charge in [0, 0.05) is 23.7 Å². The largest absolute Gasteiger partial charge is 0.310 e. The van der Waals surface area contributed by atoms with Crippen molar-refractivity contribution in [3.8, 4) is 0 Å². The summed E-state index contributed by atoms with van der Waals surface area (Å²) in [4.78, 5) is 2.61. The summed E-state index contributed by atoms with van der Waals surface area (Å²) in [7, 11) is 0. The Morgan fingerprint density at radius 2 is 2.05 bits per heavy atom. The molecular weight excluding hydrogens is 268 g/mol. The third-order valence-electron chi connectivity index (χ3n) is 4.10. The molecule has 0 amide bonds. The second-order valence-electron chi connectivity index (χ2n) is 5.68. The molecule has 1 aliphatic rings. The zero-order valence-corrected chi connectivity index (χ0v) is 13.5.